The monoisotopic (exact) mass is 561 g/mol. The number of aromatic nitrogens is 3. The lowest BCUT2D eigenvalue weighted by molar-refractivity contribution is 1.17. The maximum atomic E-state index is 5.39. The summed E-state index contributed by atoms with van der Waals surface area (Å²) in [6.45, 7) is 0. The van der Waals surface area contributed by atoms with Gasteiger partial charge in [0.1, 0.15) is 0 Å². The lowest BCUT2D eigenvalue weighted by atomic mass is 10.0. The van der Waals surface area contributed by atoms with Crippen LogP contribution in [0.4, 0.5) is 0 Å². The third-order valence-electron chi connectivity index (χ3n) is 8.73. The van der Waals surface area contributed by atoms with E-state index in [0.717, 1.165) is 44.6 Å². The number of nitrogens with zero attached hydrogens (tertiary/aromatic N) is 3. The molecule has 0 spiro atoms. The van der Waals surface area contributed by atoms with Crippen LogP contribution >= 0.6 is 0 Å². The van der Waals surface area contributed by atoms with Crippen LogP contribution in [0.5, 0.6) is 0 Å². The molecule has 0 saturated carbocycles. The summed E-state index contributed by atoms with van der Waals surface area (Å²) >= 11 is 0. The van der Waals surface area contributed by atoms with Crippen molar-refractivity contribution in [3.05, 3.63) is 164 Å². The molecule has 3 aromatic heterocycles. The van der Waals surface area contributed by atoms with Gasteiger partial charge in [0, 0.05) is 33.1 Å². The highest BCUT2D eigenvalue weighted by atomic mass is 15.0. The molecule has 0 fully saturated rings. The normalized spacial score (nSPS) is 11.6. The molecule has 6 aromatic carbocycles. The maximum absolute atomic E-state index is 5.39. The fourth-order valence-corrected chi connectivity index (χ4v) is 6.76. The Morgan fingerprint density at radius 3 is 1.73 bits per heavy atom. The average molecular weight is 562 g/mol. The van der Waals surface area contributed by atoms with Gasteiger partial charge in [-0.25, -0.2) is 4.98 Å². The van der Waals surface area contributed by atoms with Gasteiger partial charge in [-0.3, -0.25) is 0 Å². The first kappa shape index (κ1) is 24.6. The van der Waals surface area contributed by atoms with E-state index in [2.05, 4.69) is 173 Å². The summed E-state index contributed by atoms with van der Waals surface area (Å²) in [5.41, 5.74) is 12.4. The van der Waals surface area contributed by atoms with E-state index in [9.17, 15) is 0 Å². The molecule has 3 nitrogen and oxygen atoms in total. The predicted molar refractivity (Wildman–Crippen MR) is 184 cm³/mol. The summed E-state index contributed by atoms with van der Waals surface area (Å²) < 4.78 is 4.71. The minimum absolute atomic E-state index is 0.962. The van der Waals surface area contributed by atoms with Crippen LogP contribution in [-0.4, -0.2) is 14.1 Å². The quantitative estimate of drug-likeness (QED) is 0.210. The van der Waals surface area contributed by atoms with Crippen molar-refractivity contribution in [3.8, 4) is 33.8 Å². The molecule has 206 valence electrons. The largest absolute Gasteiger partial charge is 0.309 e. The molecular formula is C41H27N3. The highest BCUT2D eigenvalue weighted by Crippen LogP contribution is 2.39. The van der Waals surface area contributed by atoms with Gasteiger partial charge in [-0.1, -0.05) is 115 Å². The first-order valence-corrected chi connectivity index (χ1v) is 15.0. The minimum atomic E-state index is 0.962. The van der Waals surface area contributed by atoms with Gasteiger partial charge in [0.25, 0.3) is 0 Å². The van der Waals surface area contributed by atoms with Crippen LogP contribution in [0.1, 0.15) is 0 Å². The highest BCUT2D eigenvalue weighted by Gasteiger charge is 2.19. The standard InChI is InChI=1S/C41H27N3/c1-3-12-28(13-4-1)29-22-24-31(25-23-29)44-37-20-9-7-16-32(37)33-18-11-19-34(41(33)44)36-26-27-39-40(42-36)35-17-8-10-21-38(35)43(39)30-14-5-2-6-15-30/h1-27H. The topological polar surface area (TPSA) is 22.8 Å². The maximum Gasteiger partial charge on any atom is 0.0971 e. The molecule has 9 aromatic rings. The van der Waals surface area contributed by atoms with Gasteiger partial charge in [-0.15, -0.1) is 0 Å². The summed E-state index contributed by atoms with van der Waals surface area (Å²) in [6.07, 6.45) is 0. The van der Waals surface area contributed by atoms with Crippen LogP contribution in [0, 0.1) is 0 Å². The second-order valence-electron chi connectivity index (χ2n) is 11.2. The number of para-hydroxylation sites is 4. The zero-order valence-electron chi connectivity index (χ0n) is 23.9. The second-order valence-corrected chi connectivity index (χ2v) is 11.2. The minimum Gasteiger partial charge on any atom is -0.309 e. The Hall–Kier alpha value is -5.93. The lowest BCUT2D eigenvalue weighted by Crippen LogP contribution is -1.97. The SMILES string of the molecule is c1ccc(-c2ccc(-n3c4ccccc4c4cccc(-c5ccc6c(n5)c5ccccc5n6-c5ccccc5)c43)cc2)cc1. The lowest BCUT2D eigenvalue weighted by Gasteiger charge is -2.12. The predicted octanol–water partition coefficient (Wildman–Crippen LogP) is 10.6. The molecule has 0 aliphatic rings. The van der Waals surface area contributed by atoms with Gasteiger partial charge in [-0.05, 0) is 59.7 Å². The fourth-order valence-electron chi connectivity index (χ4n) is 6.76. The van der Waals surface area contributed by atoms with Gasteiger partial charge >= 0.3 is 0 Å². The van der Waals surface area contributed by atoms with Gasteiger partial charge < -0.3 is 9.13 Å². The summed E-state index contributed by atoms with van der Waals surface area (Å²) in [5, 5.41) is 3.61. The molecule has 3 heterocycles. The Bertz CT molecular complexity index is 2470. The zero-order valence-corrected chi connectivity index (χ0v) is 23.9. The van der Waals surface area contributed by atoms with E-state index in [1.807, 2.05) is 0 Å². The van der Waals surface area contributed by atoms with E-state index < -0.39 is 0 Å². The summed E-state index contributed by atoms with van der Waals surface area (Å²) in [4.78, 5) is 5.39. The number of benzene rings is 6. The zero-order chi connectivity index (χ0) is 29.0. The summed E-state index contributed by atoms with van der Waals surface area (Å²) in [7, 11) is 0. The van der Waals surface area contributed by atoms with E-state index >= 15 is 0 Å². The summed E-state index contributed by atoms with van der Waals surface area (Å²) in [5.74, 6) is 0. The van der Waals surface area contributed by atoms with Crippen molar-refractivity contribution in [1.82, 2.24) is 14.1 Å². The van der Waals surface area contributed by atoms with Gasteiger partial charge in [-0.2, -0.15) is 0 Å². The van der Waals surface area contributed by atoms with Crippen molar-refractivity contribution in [2.75, 3.05) is 0 Å². The van der Waals surface area contributed by atoms with Crippen molar-refractivity contribution < 1.29 is 0 Å². The van der Waals surface area contributed by atoms with E-state index in [4.69, 9.17) is 4.98 Å². The number of pyridine rings is 1. The van der Waals surface area contributed by atoms with Crippen LogP contribution in [-0.2, 0) is 0 Å². The van der Waals surface area contributed by atoms with Crippen LogP contribution in [0.3, 0.4) is 0 Å². The Labute approximate surface area is 254 Å². The smallest absolute Gasteiger partial charge is 0.0971 e. The Kier molecular flexibility index (Phi) is 5.50. The number of hydrogen-bond donors (Lipinski definition) is 0. The Morgan fingerprint density at radius 2 is 0.955 bits per heavy atom. The number of fused-ring (bicyclic) bond motifs is 6. The number of rotatable bonds is 4. The van der Waals surface area contributed by atoms with Crippen molar-refractivity contribution in [1.29, 1.82) is 0 Å². The van der Waals surface area contributed by atoms with Crippen LogP contribution in [0.15, 0.2) is 164 Å². The third kappa shape index (κ3) is 3.73. The molecular weight excluding hydrogens is 534 g/mol. The molecule has 0 amide bonds. The van der Waals surface area contributed by atoms with Crippen LogP contribution < -0.4 is 0 Å². The summed E-state index contributed by atoms with van der Waals surface area (Å²) in [6, 6.07) is 58.2. The second kappa shape index (κ2) is 9.82. The molecule has 0 N–H and O–H groups in total. The van der Waals surface area contributed by atoms with E-state index in [-0.39, 0.29) is 0 Å². The fraction of sp³-hybridized carbons (Fsp3) is 0. The van der Waals surface area contributed by atoms with Crippen LogP contribution in [0.25, 0.3) is 77.5 Å². The molecule has 0 unspecified atom stereocenters. The molecule has 0 bridgehead atoms. The molecule has 44 heavy (non-hydrogen) atoms. The molecule has 9 rings (SSSR count). The van der Waals surface area contributed by atoms with Crippen molar-refractivity contribution >= 4 is 43.7 Å². The molecule has 0 aliphatic carbocycles. The van der Waals surface area contributed by atoms with Crippen molar-refractivity contribution in [2.24, 2.45) is 0 Å². The average Bonchev–Trinajstić information content (AvgIpc) is 3.62. The first-order valence-electron chi connectivity index (χ1n) is 15.0. The van der Waals surface area contributed by atoms with Gasteiger partial charge in [0.15, 0.2) is 0 Å². The van der Waals surface area contributed by atoms with Crippen molar-refractivity contribution in [2.45, 2.75) is 0 Å². The molecule has 0 atom stereocenters. The van der Waals surface area contributed by atoms with Crippen molar-refractivity contribution in [3.63, 3.8) is 0 Å². The molecule has 0 aliphatic heterocycles. The molecule has 0 radical (unpaired) electrons. The van der Waals surface area contributed by atoms with Crippen LogP contribution in [0.2, 0.25) is 0 Å². The van der Waals surface area contributed by atoms with Gasteiger partial charge in [0.2, 0.25) is 0 Å². The molecule has 3 heteroatoms. The highest BCUT2D eigenvalue weighted by molar-refractivity contribution is 6.14. The third-order valence-corrected chi connectivity index (χ3v) is 8.73. The first-order chi connectivity index (χ1) is 21.8. The van der Waals surface area contributed by atoms with Gasteiger partial charge in [0.05, 0.1) is 33.3 Å². The number of hydrogen-bond acceptors (Lipinski definition) is 1. The van der Waals surface area contributed by atoms with E-state index in [1.54, 1.807) is 0 Å². The molecule has 0 saturated heterocycles. The Balaban J connectivity index is 1.29. The van der Waals surface area contributed by atoms with E-state index in [1.165, 1.54) is 32.9 Å². The van der Waals surface area contributed by atoms with E-state index in [0.29, 0.717) is 0 Å². The Morgan fingerprint density at radius 1 is 0.364 bits per heavy atom.